The van der Waals surface area contributed by atoms with Crippen molar-refractivity contribution in [3.63, 3.8) is 0 Å². The van der Waals surface area contributed by atoms with Crippen molar-refractivity contribution in [1.82, 2.24) is 9.88 Å². The standard InChI is InChI=1S/C27H27N3O3/c1-27-15-19-14-24(31)18(12-17-6-3-2-4-7-17)13-20(19)16-29(27)11-10-22-21-8-5-9-23(30(32)33)25(21)28-26(22)27/h2-9,12,19-20,28H,10-11,13-16H2,1H3/b18-12+/t19?,20?,27-/m0/s1. The molecule has 0 bridgehead atoms. The number of ketones is 1. The molecule has 1 saturated carbocycles. The number of Topliss-reactive ketones (excluding diaryl/α,β-unsaturated/α-hetero) is 1. The van der Waals surface area contributed by atoms with Crippen molar-refractivity contribution in [2.45, 2.75) is 38.1 Å². The minimum atomic E-state index is -0.304. The summed E-state index contributed by atoms with van der Waals surface area (Å²) in [6.45, 7) is 4.15. The second-order valence-electron chi connectivity index (χ2n) is 10.0. The highest BCUT2D eigenvalue weighted by Gasteiger charge is 2.50. The van der Waals surface area contributed by atoms with Gasteiger partial charge < -0.3 is 4.98 Å². The van der Waals surface area contributed by atoms with Gasteiger partial charge in [-0.3, -0.25) is 19.8 Å². The number of nitro benzene ring substituents is 1. The molecule has 1 N–H and O–H groups in total. The topological polar surface area (TPSA) is 79.2 Å². The van der Waals surface area contributed by atoms with Gasteiger partial charge in [0.15, 0.2) is 5.78 Å². The monoisotopic (exact) mass is 441 g/mol. The minimum absolute atomic E-state index is 0.134. The molecule has 0 spiro atoms. The zero-order chi connectivity index (χ0) is 22.7. The third-order valence-electron chi connectivity index (χ3n) is 8.19. The van der Waals surface area contributed by atoms with Gasteiger partial charge in [-0.15, -0.1) is 0 Å². The number of benzene rings is 2. The largest absolute Gasteiger partial charge is 0.351 e. The summed E-state index contributed by atoms with van der Waals surface area (Å²) in [5.74, 6) is 1.06. The maximum Gasteiger partial charge on any atom is 0.293 e. The Morgan fingerprint density at radius 2 is 1.94 bits per heavy atom. The lowest BCUT2D eigenvalue weighted by molar-refractivity contribution is -0.383. The molecule has 1 saturated heterocycles. The van der Waals surface area contributed by atoms with Crippen LogP contribution in [0.3, 0.4) is 0 Å². The van der Waals surface area contributed by atoms with E-state index in [2.05, 4.69) is 22.9 Å². The number of aromatic amines is 1. The van der Waals surface area contributed by atoms with Crippen molar-refractivity contribution in [3.8, 4) is 0 Å². The molecule has 2 aliphatic heterocycles. The molecular weight excluding hydrogens is 414 g/mol. The molecule has 33 heavy (non-hydrogen) atoms. The molecule has 2 aromatic carbocycles. The molecule has 6 nitrogen and oxygen atoms in total. The summed E-state index contributed by atoms with van der Waals surface area (Å²) >= 11 is 0. The highest BCUT2D eigenvalue weighted by molar-refractivity contribution is 6.00. The second-order valence-corrected chi connectivity index (χ2v) is 10.0. The number of hydrogen-bond acceptors (Lipinski definition) is 4. The number of allylic oxidation sites excluding steroid dienone is 1. The number of piperidine rings is 1. The van der Waals surface area contributed by atoms with Crippen molar-refractivity contribution >= 4 is 28.4 Å². The van der Waals surface area contributed by atoms with Gasteiger partial charge in [0.05, 0.1) is 10.5 Å². The number of carbonyl (C=O) groups is 1. The van der Waals surface area contributed by atoms with Gasteiger partial charge in [-0.05, 0) is 60.8 Å². The summed E-state index contributed by atoms with van der Waals surface area (Å²) in [6.07, 6.45) is 5.26. The quantitative estimate of drug-likeness (QED) is 0.335. The smallest absolute Gasteiger partial charge is 0.293 e. The molecule has 3 atom stereocenters. The lowest BCUT2D eigenvalue weighted by atomic mass is 9.65. The van der Waals surface area contributed by atoms with Gasteiger partial charge in [0, 0.05) is 36.7 Å². The van der Waals surface area contributed by atoms with Crippen LogP contribution in [0.5, 0.6) is 0 Å². The summed E-state index contributed by atoms with van der Waals surface area (Å²) in [6, 6.07) is 15.4. The van der Waals surface area contributed by atoms with E-state index < -0.39 is 0 Å². The van der Waals surface area contributed by atoms with Crippen LogP contribution in [0.4, 0.5) is 5.69 Å². The van der Waals surface area contributed by atoms with Gasteiger partial charge in [-0.25, -0.2) is 0 Å². The Kier molecular flexibility index (Phi) is 4.56. The van der Waals surface area contributed by atoms with E-state index in [1.807, 2.05) is 36.4 Å². The van der Waals surface area contributed by atoms with Crippen LogP contribution < -0.4 is 0 Å². The van der Waals surface area contributed by atoms with E-state index in [9.17, 15) is 14.9 Å². The number of aromatic nitrogens is 1. The molecule has 6 rings (SSSR count). The van der Waals surface area contributed by atoms with Crippen LogP contribution in [0, 0.1) is 22.0 Å². The van der Waals surface area contributed by atoms with E-state index in [0.29, 0.717) is 23.8 Å². The molecule has 3 aliphatic rings. The molecule has 0 amide bonds. The number of carbonyl (C=O) groups excluding carboxylic acids is 1. The number of rotatable bonds is 2. The van der Waals surface area contributed by atoms with Gasteiger partial charge in [-0.2, -0.15) is 0 Å². The normalized spacial score (nSPS) is 28.4. The number of para-hydroxylation sites is 1. The fourth-order valence-corrected chi connectivity index (χ4v) is 6.54. The lowest BCUT2D eigenvalue weighted by Gasteiger charge is -2.54. The fraction of sp³-hybridized carbons (Fsp3) is 0.370. The molecule has 168 valence electrons. The Balaban J connectivity index is 1.34. The molecular formula is C27H27N3O3. The minimum Gasteiger partial charge on any atom is -0.351 e. The van der Waals surface area contributed by atoms with Crippen LogP contribution in [0.25, 0.3) is 17.0 Å². The number of nitrogens with one attached hydrogen (secondary N) is 1. The van der Waals surface area contributed by atoms with E-state index in [-0.39, 0.29) is 21.9 Å². The van der Waals surface area contributed by atoms with Crippen molar-refractivity contribution < 1.29 is 9.72 Å². The van der Waals surface area contributed by atoms with E-state index in [4.69, 9.17) is 0 Å². The van der Waals surface area contributed by atoms with Crippen LogP contribution in [-0.2, 0) is 16.8 Å². The van der Waals surface area contributed by atoms with Crippen molar-refractivity contribution in [1.29, 1.82) is 0 Å². The van der Waals surface area contributed by atoms with E-state index >= 15 is 0 Å². The van der Waals surface area contributed by atoms with Crippen molar-refractivity contribution in [2.75, 3.05) is 13.1 Å². The SMILES string of the molecule is C[C@@]12CC3CC(=O)/C(=C/c4ccccc4)CC3CN1CCc1c2[nH]c2c([N+](=O)[O-])cccc12. The van der Waals surface area contributed by atoms with E-state index in [0.717, 1.165) is 54.6 Å². The Bertz CT molecular complexity index is 1310. The van der Waals surface area contributed by atoms with Gasteiger partial charge in [0.1, 0.15) is 5.52 Å². The van der Waals surface area contributed by atoms with E-state index in [1.54, 1.807) is 12.1 Å². The third-order valence-corrected chi connectivity index (χ3v) is 8.19. The number of nitro groups is 1. The van der Waals surface area contributed by atoms with Crippen LogP contribution in [-0.4, -0.2) is 33.7 Å². The molecule has 3 aromatic rings. The predicted octanol–water partition coefficient (Wildman–Crippen LogP) is 5.23. The fourth-order valence-electron chi connectivity index (χ4n) is 6.54. The van der Waals surface area contributed by atoms with Gasteiger partial charge in [0.25, 0.3) is 5.69 Å². The lowest BCUT2D eigenvalue weighted by Crippen LogP contribution is -2.57. The summed E-state index contributed by atoms with van der Waals surface area (Å²) in [5, 5.41) is 12.6. The van der Waals surface area contributed by atoms with Crippen LogP contribution >= 0.6 is 0 Å². The first-order valence-corrected chi connectivity index (χ1v) is 11.8. The molecule has 1 aromatic heterocycles. The number of nitrogens with zero attached hydrogens (tertiary/aromatic N) is 2. The van der Waals surface area contributed by atoms with Crippen molar-refractivity contribution in [3.05, 3.63) is 81.0 Å². The molecule has 2 unspecified atom stereocenters. The summed E-state index contributed by atoms with van der Waals surface area (Å²) in [4.78, 5) is 30.4. The number of fused-ring (bicyclic) bond motifs is 6. The first kappa shape index (κ1) is 20.4. The van der Waals surface area contributed by atoms with E-state index in [1.165, 1.54) is 5.56 Å². The zero-order valence-electron chi connectivity index (χ0n) is 18.7. The van der Waals surface area contributed by atoms with Crippen LogP contribution in [0.1, 0.15) is 43.0 Å². The molecule has 6 heteroatoms. The molecule has 3 heterocycles. The Labute approximate surface area is 192 Å². The number of H-pyrrole nitrogens is 1. The highest BCUT2D eigenvalue weighted by atomic mass is 16.6. The molecule has 2 fully saturated rings. The van der Waals surface area contributed by atoms with Gasteiger partial charge in [0.2, 0.25) is 0 Å². The number of non-ortho nitro benzene ring substituents is 1. The maximum atomic E-state index is 13.1. The summed E-state index contributed by atoms with van der Waals surface area (Å²) in [5.41, 5.74) is 4.88. The molecule has 1 aliphatic carbocycles. The maximum absolute atomic E-state index is 13.1. The average Bonchev–Trinajstić information content (AvgIpc) is 3.19. The summed E-state index contributed by atoms with van der Waals surface area (Å²) < 4.78 is 0. The second kappa shape index (κ2) is 7.39. The Morgan fingerprint density at radius 1 is 1.12 bits per heavy atom. The average molecular weight is 442 g/mol. The first-order valence-electron chi connectivity index (χ1n) is 11.8. The highest BCUT2D eigenvalue weighted by Crippen LogP contribution is 2.51. The third kappa shape index (κ3) is 3.16. The first-order chi connectivity index (χ1) is 15.9. The molecule has 0 radical (unpaired) electrons. The Morgan fingerprint density at radius 3 is 2.73 bits per heavy atom. The number of hydrogen-bond donors (Lipinski definition) is 1. The van der Waals surface area contributed by atoms with Gasteiger partial charge >= 0.3 is 0 Å². The summed E-state index contributed by atoms with van der Waals surface area (Å²) in [7, 11) is 0. The predicted molar refractivity (Wildman–Crippen MR) is 128 cm³/mol. The zero-order valence-corrected chi connectivity index (χ0v) is 18.7. The van der Waals surface area contributed by atoms with Crippen LogP contribution in [0.15, 0.2) is 54.1 Å². The van der Waals surface area contributed by atoms with Gasteiger partial charge in [-0.1, -0.05) is 42.5 Å². The Hall–Kier alpha value is -3.25. The van der Waals surface area contributed by atoms with Crippen molar-refractivity contribution in [2.24, 2.45) is 11.8 Å². The van der Waals surface area contributed by atoms with Crippen LogP contribution in [0.2, 0.25) is 0 Å².